The lowest BCUT2D eigenvalue weighted by molar-refractivity contribution is 0.153. The van der Waals surface area contributed by atoms with E-state index in [0.717, 1.165) is 56.2 Å². The van der Waals surface area contributed by atoms with Crippen molar-refractivity contribution in [2.45, 2.75) is 6.42 Å². The Morgan fingerprint density at radius 2 is 1.26 bits per heavy atom. The fraction of sp³-hybridized carbons (Fsp3) is 0.250. The number of benzene rings is 3. The minimum atomic E-state index is 0. The van der Waals surface area contributed by atoms with Gasteiger partial charge in [0.05, 0.1) is 11.1 Å². The van der Waals surface area contributed by atoms with Crippen molar-refractivity contribution in [2.75, 3.05) is 52.0 Å². The number of piperazine rings is 1. The maximum Gasteiger partial charge on any atom is 0.233 e. The van der Waals surface area contributed by atoms with E-state index in [9.17, 15) is 0 Å². The molecule has 6 rings (SSSR count). The molecule has 0 saturated carbocycles. The lowest BCUT2D eigenvalue weighted by atomic mass is 10.2. The molecule has 8 nitrogen and oxygen atoms in total. The van der Waals surface area contributed by atoms with Crippen LogP contribution in [0.3, 0.4) is 0 Å². The normalized spacial score (nSPS) is 14.6. The highest BCUT2D eigenvalue weighted by Gasteiger charge is 2.19. The molecular weight excluding hydrogens is 596 g/mol. The van der Waals surface area contributed by atoms with Gasteiger partial charge in [-0.1, -0.05) is 66.8 Å². The van der Waals surface area contributed by atoms with Gasteiger partial charge in [0.2, 0.25) is 5.62 Å². The van der Waals surface area contributed by atoms with Crippen molar-refractivity contribution < 1.29 is 0 Å². The van der Waals surface area contributed by atoms with Crippen LogP contribution in [0.2, 0.25) is 0 Å². The molecule has 222 valence electrons. The molecule has 1 fully saturated rings. The monoisotopic (exact) mass is 630 g/mol. The number of fused-ring (bicyclic) bond motifs is 1. The number of nitrogens with two attached hydrogens (primary N) is 1. The molecule has 11 heteroatoms. The van der Waals surface area contributed by atoms with Gasteiger partial charge in [0, 0.05) is 50.6 Å². The Kier molecular flexibility index (Phi) is 9.84. The number of halogens is 1. The predicted octanol–water partition coefficient (Wildman–Crippen LogP) is 5.61. The molecule has 0 atom stereocenters. The van der Waals surface area contributed by atoms with Crippen molar-refractivity contribution in [1.82, 2.24) is 28.5 Å². The highest BCUT2D eigenvalue weighted by molar-refractivity contribution is 7.72. The zero-order valence-corrected chi connectivity index (χ0v) is 26.5. The first kappa shape index (κ1) is 30.8. The van der Waals surface area contributed by atoms with Crippen molar-refractivity contribution >= 4 is 53.7 Å². The van der Waals surface area contributed by atoms with E-state index in [-0.39, 0.29) is 12.4 Å². The van der Waals surface area contributed by atoms with E-state index in [4.69, 9.17) is 40.1 Å². The van der Waals surface area contributed by atoms with Crippen LogP contribution in [0, 0.1) is 9.41 Å². The summed E-state index contributed by atoms with van der Waals surface area (Å²) in [4.78, 5) is 15.0. The topological polar surface area (TPSA) is 72.5 Å². The fourth-order valence-corrected chi connectivity index (χ4v) is 6.22. The molecule has 1 saturated heterocycles. The molecular formula is C32H35ClN8S2. The van der Waals surface area contributed by atoms with Gasteiger partial charge >= 0.3 is 0 Å². The highest BCUT2D eigenvalue weighted by atomic mass is 35.5. The molecule has 5 aromatic rings. The van der Waals surface area contributed by atoms with Crippen molar-refractivity contribution in [2.24, 2.45) is 4.99 Å². The molecule has 1 aliphatic rings. The second kappa shape index (κ2) is 13.7. The van der Waals surface area contributed by atoms with E-state index in [2.05, 4.69) is 16.8 Å². The number of nitrogen functional groups attached to an aromatic ring is 1. The third-order valence-corrected chi connectivity index (χ3v) is 8.41. The van der Waals surface area contributed by atoms with E-state index in [0.29, 0.717) is 38.4 Å². The number of rotatable bonds is 7. The van der Waals surface area contributed by atoms with Crippen LogP contribution < -0.4 is 11.4 Å². The summed E-state index contributed by atoms with van der Waals surface area (Å²) in [7, 11) is 2.18. The summed E-state index contributed by atoms with van der Waals surface area (Å²) < 4.78 is 6.75. The van der Waals surface area contributed by atoms with E-state index in [1.807, 2.05) is 105 Å². The Hall–Kier alpha value is -3.67. The van der Waals surface area contributed by atoms with Crippen LogP contribution >= 0.6 is 36.8 Å². The first-order valence-corrected chi connectivity index (χ1v) is 15.0. The number of hydrogen-bond acceptors (Lipinski definition) is 7. The predicted molar refractivity (Wildman–Crippen MR) is 182 cm³/mol. The Balaban J connectivity index is 0.00000368. The summed E-state index contributed by atoms with van der Waals surface area (Å²) >= 11 is 12.2. The third kappa shape index (κ3) is 6.34. The molecule has 0 radical (unpaired) electrons. The van der Waals surface area contributed by atoms with Gasteiger partial charge in [0.1, 0.15) is 10.5 Å². The summed E-state index contributed by atoms with van der Waals surface area (Å²) in [5.41, 5.74) is 10.8. The average Bonchev–Trinajstić information content (AvgIpc) is 3.01. The van der Waals surface area contributed by atoms with Gasteiger partial charge in [-0.2, -0.15) is 4.98 Å². The number of anilines is 1. The Labute approximate surface area is 267 Å². The van der Waals surface area contributed by atoms with Crippen LogP contribution in [0.4, 0.5) is 5.82 Å². The Bertz CT molecular complexity index is 1880. The number of aromatic nitrogens is 4. The van der Waals surface area contributed by atoms with Crippen LogP contribution in [0.25, 0.3) is 28.1 Å². The van der Waals surface area contributed by atoms with Crippen molar-refractivity contribution in [3.05, 3.63) is 106 Å². The number of para-hydroxylation sites is 3. The van der Waals surface area contributed by atoms with E-state index in [1.165, 1.54) is 0 Å². The molecule has 3 aromatic carbocycles. The second-order valence-electron chi connectivity index (χ2n) is 10.5. The highest BCUT2D eigenvalue weighted by Crippen LogP contribution is 2.27. The molecule has 0 spiro atoms. The first-order valence-electron chi connectivity index (χ1n) is 14.2. The SMILES string of the molecule is CN1CCN(CCCN=c2nc3c(c(N)n2-c2ccccc2)c(=S)n(-c2ccccc2)c(=S)n3-c2ccccc2)CC1.Cl. The van der Waals surface area contributed by atoms with Gasteiger partial charge in [0.15, 0.2) is 10.4 Å². The van der Waals surface area contributed by atoms with Crippen molar-refractivity contribution in [3.8, 4) is 17.1 Å². The number of nitrogens with zero attached hydrogens (tertiary/aromatic N) is 7. The molecule has 1 aliphatic heterocycles. The molecule has 43 heavy (non-hydrogen) atoms. The maximum absolute atomic E-state index is 7.05. The number of hydrogen-bond donors (Lipinski definition) is 1. The molecule has 2 aromatic heterocycles. The van der Waals surface area contributed by atoms with Gasteiger partial charge in [-0.15, -0.1) is 12.4 Å². The van der Waals surface area contributed by atoms with E-state index in [1.54, 1.807) is 0 Å². The molecule has 0 unspecified atom stereocenters. The summed E-state index contributed by atoms with van der Waals surface area (Å²) in [6.45, 7) is 6.00. The lowest BCUT2D eigenvalue weighted by Gasteiger charge is -2.32. The largest absolute Gasteiger partial charge is 0.384 e. The van der Waals surface area contributed by atoms with E-state index < -0.39 is 0 Å². The smallest absolute Gasteiger partial charge is 0.233 e. The van der Waals surface area contributed by atoms with Crippen LogP contribution in [-0.4, -0.2) is 74.8 Å². The van der Waals surface area contributed by atoms with Gasteiger partial charge in [-0.25, -0.2) is 0 Å². The van der Waals surface area contributed by atoms with Gasteiger partial charge in [-0.05, 0) is 62.1 Å². The zero-order valence-electron chi connectivity index (χ0n) is 24.0. The van der Waals surface area contributed by atoms with Crippen LogP contribution in [-0.2, 0) is 0 Å². The molecule has 0 bridgehead atoms. The van der Waals surface area contributed by atoms with Gasteiger partial charge < -0.3 is 15.5 Å². The Morgan fingerprint density at radius 3 is 1.81 bits per heavy atom. The summed E-state index contributed by atoms with van der Waals surface area (Å²) in [5.74, 6) is 0.471. The number of likely N-dealkylation sites (N-methyl/N-ethyl adjacent to an activating group) is 1. The standard InChI is InChI=1S/C32H34N8S2.ClH/c1-36-20-22-37(23-21-36)19-11-18-34-31-35-29-27(28(33)38(31)24-12-5-2-6-13-24)30(41)40(26-16-9-4-10-17-26)32(42)39(29)25-14-7-3-8-15-25;/h2-10,12-17H,11,18-23,33H2,1H3;1H. The average molecular weight is 631 g/mol. The van der Waals surface area contributed by atoms with Crippen molar-refractivity contribution in [3.63, 3.8) is 0 Å². The minimum Gasteiger partial charge on any atom is -0.384 e. The quantitative estimate of drug-likeness (QED) is 0.186. The third-order valence-electron chi connectivity index (χ3n) is 7.66. The first-order chi connectivity index (χ1) is 20.5. The minimum absolute atomic E-state index is 0. The van der Waals surface area contributed by atoms with Gasteiger partial charge in [-0.3, -0.25) is 18.7 Å². The molecule has 0 aliphatic carbocycles. The second-order valence-corrected chi connectivity index (χ2v) is 11.2. The summed E-state index contributed by atoms with van der Waals surface area (Å²) in [6.07, 6.45) is 0.929. The lowest BCUT2D eigenvalue weighted by Crippen LogP contribution is -2.44. The zero-order chi connectivity index (χ0) is 29.1. The van der Waals surface area contributed by atoms with Crippen LogP contribution in [0.5, 0.6) is 0 Å². The Morgan fingerprint density at radius 1 is 0.744 bits per heavy atom. The molecule has 3 heterocycles. The fourth-order valence-electron chi connectivity index (χ4n) is 5.39. The summed E-state index contributed by atoms with van der Waals surface area (Å²) in [6, 6.07) is 29.8. The maximum atomic E-state index is 7.05. The van der Waals surface area contributed by atoms with Gasteiger partial charge in [0.25, 0.3) is 0 Å². The molecule has 2 N–H and O–H groups in total. The van der Waals surface area contributed by atoms with Crippen molar-refractivity contribution in [1.29, 1.82) is 0 Å². The van der Waals surface area contributed by atoms with Crippen LogP contribution in [0.1, 0.15) is 6.42 Å². The molecule has 0 amide bonds. The van der Waals surface area contributed by atoms with E-state index >= 15 is 0 Å². The summed E-state index contributed by atoms with van der Waals surface area (Å²) in [5, 5.41) is 0.645. The van der Waals surface area contributed by atoms with Crippen LogP contribution in [0.15, 0.2) is 96.0 Å².